The van der Waals surface area contributed by atoms with Gasteiger partial charge in [0.1, 0.15) is 5.75 Å². The van der Waals surface area contributed by atoms with Crippen LogP contribution in [0.4, 0.5) is 17.1 Å². The van der Waals surface area contributed by atoms with Crippen molar-refractivity contribution >= 4 is 34.7 Å². The molecule has 1 aliphatic heterocycles. The number of aromatic hydroxyl groups is 1. The summed E-state index contributed by atoms with van der Waals surface area (Å²) in [6.07, 6.45) is 0.910. The second kappa shape index (κ2) is 9.38. The zero-order chi connectivity index (χ0) is 25.2. The number of anilines is 3. The number of hydrogen-bond acceptors (Lipinski definition) is 5. The number of phenolic OH excluding ortho intramolecular Hbond substituents is 1. The number of carboxylic acid groups (broad SMARTS) is 1. The lowest BCUT2D eigenvalue weighted by Crippen LogP contribution is -2.26. The van der Waals surface area contributed by atoms with Crippen molar-refractivity contribution in [3.8, 4) is 16.9 Å². The highest BCUT2D eigenvalue weighted by atomic mass is 16.4. The summed E-state index contributed by atoms with van der Waals surface area (Å²) in [4.78, 5) is 26.2. The number of carbonyl (C=O) groups excluding carboxylic acids is 1. The van der Waals surface area contributed by atoms with E-state index in [-0.39, 0.29) is 22.9 Å². The molecule has 5 rings (SSSR count). The standard InChI is InChI=1S/C29H23N3O4/c1-2-18-10-16-21(17-11-18)32-25-9-4-3-6-23(25)26(28(32)34)31-30-24-8-5-7-22(27(24)33)19-12-14-20(15-13-19)29(35)36/h3-17,30,33H,2H2,1H3,(H,35,36). The molecule has 0 saturated heterocycles. The maximum absolute atomic E-state index is 13.4. The van der Waals surface area contributed by atoms with Crippen molar-refractivity contribution in [1.82, 2.24) is 0 Å². The number of carboxylic acids is 1. The highest BCUT2D eigenvalue weighted by molar-refractivity contribution is 6.55. The third-order valence-electron chi connectivity index (χ3n) is 6.18. The second-order valence-electron chi connectivity index (χ2n) is 8.33. The van der Waals surface area contributed by atoms with Crippen LogP contribution in [0.2, 0.25) is 0 Å². The Bertz CT molecular complexity index is 1490. The number of amides is 1. The van der Waals surface area contributed by atoms with Gasteiger partial charge in [-0.2, -0.15) is 5.10 Å². The highest BCUT2D eigenvalue weighted by Crippen LogP contribution is 2.38. The molecular formula is C29H23N3O4. The van der Waals surface area contributed by atoms with Gasteiger partial charge in [0.25, 0.3) is 5.91 Å². The fraction of sp³-hybridized carbons (Fsp3) is 0.0690. The van der Waals surface area contributed by atoms with Gasteiger partial charge < -0.3 is 10.2 Å². The first-order chi connectivity index (χ1) is 17.5. The van der Waals surface area contributed by atoms with E-state index in [1.807, 2.05) is 48.5 Å². The Morgan fingerprint density at radius 3 is 2.28 bits per heavy atom. The lowest BCUT2D eigenvalue weighted by molar-refractivity contribution is -0.111. The van der Waals surface area contributed by atoms with Crippen molar-refractivity contribution in [2.24, 2.45) is 5.10 Å². The zero-order valence-electron chi connectivity index (χ0n) is 19.5. The Morgan fingerprint density at radius 2 is 1.58 bits per heavy atom. The summed E-state index contributed by atoms with van der Waals surface area (Å²) in [5, 5.41) is 24.4. The lowest BCUT2D eigenvalue weighted by atomic mass is 10.0. The van der Waals surface area contributed by atoms with E-state index in [2.05, 4.69) is 17.5 Å². The molecule has 0 spiro atoms. The molecule has 3 N–H and O–H groups in total. The summed E-state index contributed by atoms with van der Waals surface area (Å²) in [6, 6.07) is 26.7. The summed E-state index contributed by atoms with van der Waals surface area (Å²) in [7, 11) is 0. The third kappa shape index (κ3) is 4.07. The maximum atomic E-state index is 13.4. The molecule has 0 unspecified atom stereocenters. The molecular weight excluding hydrogens is 454 g/mol. The molecule has 0 aromatic heterocycles. The Morgan fingerprint density at radius 1 is 0.889 bits per heavy atom. The molecule has 0 fully saturated rings. The fourth-order valence-corrected chi connectivity index (χ4v) is 4.22. The van der Waals surface area contributed by atoms with Gasteiger partial charge >= 0.3 is 5.97 Å². The molecule has 0 bridgehead atoms. The minimum Gasteiger partial charge on any atom is -0.505 e. The quantitative estimate of drug-likeness (QED) is 0.240. The van der Waals surface area contributed by atoms with Crippen molar-refractivity contribution < 1.29 is 19.8 Å². The van der Waals surface area contributed by atoms with E-state index >= 15 is 0 Å². The number of aryl methyl sites for hydroxylation is 1. The lowest BCUT2D eigenvalue weighted by Gasteiger charge is -2.17. The van der Waals surface area contributed by atoms with E-state index in [0.717, 1.165) is 17.8 Å². The minimum atomic E-state index is -1.02. The van der Waals surface area contributed by atoms with Crippen LogP contribution in [0.1, 0.15) is 28.4 Å². The topological polar surface area (TPSA) is 102 Å². The minimum absolute atomic E-state index is 0.0596. The molecule has 0 radical (unpaired) electrons. The van der Waals surface area contributed by atoms with E-state index in [1.54, 1.807) is 35.2 Å². The third-order valence-corrected chi connectivity index (χ3v) is 6.18. The summed E-state index contributed by atoms with van der Waals surface area (Å²) in [5.74, 6) is -1.35. The van der Waals surface area contributed by atoms with Crippen molar-refractivity contribution in [2.45, 2.75) is 13.3 Å². The molecule has 36 heavy (non-hydrogen) atoms. The maximum Gasteiger partial charge on any atom is 0.335 e. The van der Waals surface area contributed by atoms with Crippen molar-refractivity contribution in [3.05, 3.63) is 108 Å². The van der Waals surface area contributed by atoms with E-state index in [1.165, 1.54) is 17.7 Å². The van der Waals surface area contributed by atoms with Gasteiger partial charge in [-0.25, -0.2) is 4.79 Å². The molecule has 7 nitrogen and oxygen atoms in total. The monoisotopic (exact) mass is 477 g/mol. The first-order valence-corrected chi connectivity index (χ1v) is 11.5. The number of hydrogen-bond donors (Lipinski definition) is 3. The summed E-state index contributed by atoms with van der Waals surface area (Å²) < 4.78 is 0. The predicted octanol–water partition coefficient (Wildman–Crippen LogP) is 5.81. The molecule has 1 heterocycles. The van der Waals surface area contributed by atoms with Gasteiger partial charge in [0.15, 0.2) is 5.71 Å². The van der Waals surface area contributed by atoms with Gasteiger partial charge in [-0.3, -0.25) is 15.1 Å². The fourth-order valence-electron chi connectivity index (χ4n) is 4.22. The number of fused-ring (bicyclic) bond motifs is 1. The highest BCUT2D eigenvalue weighted by Gasteiger charge is 2.35. The zero-order valence-corrected chi connectivity index (χ0v) is 19.5. The van der Waals surface area contributed by atoms with Crippen LogP contribution in [0.5, 0.6) is 5.75 Å². The molecule has 7 heteroatoms. The van der Waals surface area contributed by atoms with Crippen LogP contribution in [-0.4, -0.2) is 27.8 Å². The summed E-state index contributed by atoms with van der Waals surface area (Å²) >= 11 is 0. The Labute approximate surface area is 208 Å². The Hall–Kier alpha value is -4.91. The summed E-state index contributed by atoms with van der Waals surface area (Å²) in [6.45, 7) is 2.08. The molecule has 4 aromatic rings. The number of carbonyl (C=O) groups is 2. The van der Waals surface area contributed by atoms with Crippen LogP contribution >= 0.6 is 0 Å². The SMILES string of the molecule is CCc1ccc(N2C(=O)C(=NNc3cccc(-c4ccc(C(=O)O)cc4)c3O)c3ccccc32)cc1. The molecule has 0 atom stereocenters. The number of benzene rings is 4. The van der Waals surface area contributed by atoms with Gasteiger partial charge in [0, 0.05) is 16.8 Å². The Balaban J connectivity index is 1.47. The Kier molecular flexibility index (Phi) is 5.96. The van der Waals surface area contributed by atoms with E-state index in [0.29, 0.717) is 22.4 Å². The van der Waals surface area contributed by atoms with E-state index in [4.69, 9.17) is 5.11 Å². The molecule has 4 aromatic carbocycles. The van der Waals surface area contributed by atoms with Crippen LogP contribution in [-0.2, 0) is 11.2 Å². The second-order valence-corrected chi connectivity index (χ2v) is 8.33. The first-order valence-electron chi connectivity index (χ1n) is 11.5. The predicted molar refractivity (Wildman–Crippen MR) is 140 cm³/mol. The van der Waals surface area contributed by atoms with Crippen molar-refractivity contribution in [3.63, 3.8) is 0 Å². The largest absolute Gasteiger partial charge is 0.505 e. The molecule has 1 amide bonds. The van der Waals surface area contributed by atoms with Crippen LogP contribution < -0.4 is 10.3 Å². The van der Waals surface area contributed by atoms with Crippen molar-refractivity contribution in [2.75, 3.05) is 10.3 Å². The number of aromatic carboxylic acids is 1. The first kappa shape index (κ1) is 22.9. The van der Waals surface area contributed by atoms with E-state index < -0.39 is 5.97 Å². The van der Waals surface area contributed by atoms with Gasteiger partial charge in [0.2, 0.25) is 0 Å². The average molecular weight is 478 g/mol. The molecule has 1 aliphatic rings. The number of phenols is 1. The van der Waals surface area contributed by atoms with Crippen LogP contribution in [0, 0.1) is 0 Å². The molecule has 0 saturated carbocycles. The number of nitrogens with one attached hydrogen (secondary N) is 1. The smallest absolute Gasteiger partial charge is 0.335 e. The van der Waals surface area contributed by atoms with Crippen LogP contribution in [0.15, 0.2) is 96.1 Å². The summed E-state index contributed by atoms with van der Waals surface area (Å²) in [5.41, 5.74) is 8.09. The van der Waals surface area contributed by atoms with Gasteiger partial charge in [-0.05, 0) is 53.9 Å². The van der Waals surface area contributed by atoms with E-state index in [9.17, 15) is 14.7 Å². The average Bonchev–Trinajstić information content (AvgIpc) is 3.19. The number of hydrazone groups is 1. The number of rotatable bonds is 6. The molecule has 178 valence electrons. The van der Waals surface area contributed by atoms with Gasteiger partial charge in [-0.15, -0.1) is 0 Å². The van der Waals surface area contributed by atoms with Crippen LogP contribution in [0.25, 0.3) is 11.1 Å². The van der Waals surface area contributed by atoms with Gasteiger partial charge in [0.05, 0.1) is 16.9 Å². The van der Waals surface area contributed by atoms with Crippen molar-refractivity contribution in [1.29, 1.82) is 0 Å². The molecule has 0 aliphatic carbocycles. The normalized spacial score (nSPS) is 13.6. The number of para-hydroxylation sites is 2. The number of nitrogens with zero attached hydrogens (tertiary/aromatic N) is 2. The van der Waals surface area contributed by atoms with Crippen LogP contribution in [0.3, 0.4) is 0 Å². The van der Waals surface area contributed by atoms with Gasteiger partial charge in [-0.1, -0.05) is 61.5 Å².